The van der Waals surface area contributed by atoms with Crippen molar-refractivity contribution in [2.24, 2.45) is 11.8 Å². The highest BCUT2D eigenvalue weighted by Crippen LogP contribution is 2.42. The lowest BCUT2D eigenvalue weighted by Gasteiger charge is -2.38. The topological polar surface area (TPSA) is 223 Å². The van der Waals surface area contributed by atoms with E-state index in [1.54, 1.807) is 47.9 Å². The molecule has 348 valence electrons. The van der Waals surface area contributed by atoms with E-state index in [1.807, 2.05) is 36.9 Å². The van der Waals surface area contributed by atoms with Crippen LogP contribution in [0.25, 0.3) is 22.1 Å². The van der Waals surface area contributed by atoms with Gasteiger partial charge < -0.3 is 24.3 Å². The van der Waals surface area contributed by atoms with Crippen LogP contribution in [0.2, 0.25) is 0 Å². The molecule has 0 bridgehead atoms. The van der Waals surface area contributed by atoms with Gasteiger partial charge in [-0.2, -0.15) is 12.7 Å². The number of hydrogen-bond donors (Lipinski definition) is 2. The summed E-state index contributed by atoms with van der Waals surface area (Å²) in [7, 11) is -6.62. The van der Waals surface area contributed by atoms with Crippen LogP contribution in [0, 0.1) is 18.8 Å². The second kappa shape index (κ2) is 18.9. The van der Waals surface area contributed by atoms with E-state index in [0.717, 1.165) is 36.6 Å². The minimum atomic E-state index is -4.66. The van der Waals surface area contributed by atoms with Crippen molar-refractivity contribution < 1.29 is 39.3 Å². The predicted octanol–water partition coefficient (Wildman–Crippen LogP) is 5.32. The van der Waals surface area contributed by atoms with Crippen LogP contribution < -0.4 is 9.80 Å². The van der Waals surface area contributed by atoms with Gasteiger partial charge in [0.1, 0.15) is 28.9 Å². The molecule has 2 atom stereocenters. The van der Waals surface area contributed by atoms with E-state index in [-0.39, 0.29) is 46.2 Å². The summed E-state index contributed by atoms with van der Waals surface area (Å²) >= 11 is 0. The van der Waals surface area contributed by atoms with Crippen molar-refractivity contribution in [2.75, 3.05) is 63.1 Å². The molecule has 5 heterocycles. The molecule has 3 aliphatic rings. The van der Waals surface area contributed by atoms with Gasteiger partial charge >= 0.3 is 0 Å². The molecule has 5 aromatic rings. The first-order chi connectivity index (χ1) is 30.5. The number of sulfonamides is 1. The first-order valence-electron chi connectivity index (χ1n) is 22.0. The Morgan fingerprint density at radius 3 is 2.20 bits per heavy atom. The van der Waals surface area contributed by atoms with Crippen molar-refractivity contribution in [1.82, 2.24) is 33.2 Å². The fraction of sp³-hybridized carbons (Fsp3) is 0.581. The largest absolute Gasteiger partial charge is 0.382 e. The quantitative estimate of drug-likeness (QED) is 0.0943. The van der Waals surface area contributed by atoms with Gasteiger partial charge in [0.25, 0.3) is 20.1 Å². The number of nitrogens with zero attached hydrogens (tertiary/aromatic N) is 8. The van der Waals surface area contributed by atoms with Crippen LogP contribution in [0.4, 0.5) is 11.6 Å². The Kier molecular flexibility index (Phi) is 13.7. The van der Waals surface area contributed by atoms with E-state index in [1.165, 1.54) is 16.5 Å². The van der Waals surface area contributed by atoms with E-state index >= 15 is 0 Å². The molecule has 2 saturated carbocycles. The van der Waals surface area contributed by atoms with Crippen LogP contribution in [0.3, 0.4) is 0 Å². The van der Waals surface area contributed by atoms with E-state index in [9.17, 15) is 29.8 Å². The summed E-state index contributed by atoms with van der Waals surface area (Å²) in [5.74, 6) is 0.754. The zero-order valence-corrected chi connectivity index (χ0v) is 39.2. The third-order valence-corrected chi connectivity index (χ3v) is 18.5. The van der Waals surface area contributed by atoms with Crippen LogP contribution in [0.1, 0.15) is 80.8 Å². The first-order valence-corrected chi connectivity index (χ1v) is 26.6. The Labute approximate surface area is 375 Å². The molecule has 1 aliphatic heterocycles. The number of aromatic amines is 1. The minimum absolute atomic E-state index is 0.0115. The van der Waals surface area contributed by atoms with Crippen LogP contribution >= 0.6 is 0 Å². The summed E-state index contributed by atoms with van der Waals surface area (Å²) in [6.07, 6.45) is 10.9. The van der Waals surface area contributed by atoms with Crippen molar-refractivity contribution >= 4 is 63.9 Å². The number of rotatable bonds is 16. The molecular weight excluding hydrogens is 883 g/mol. The Hall–Kier alpha value is -4.25. The molecule has 0 radical (unpaired) electrons. The normalized spacial score (nSPS) is 23.4. The second-order valence-electron chi connectivity index (χ2n) is 17.7. The Bertz CT molecular complexity index is 2750. The summed E-state index contributed by atoms with van der Waals surface area (Å²) in [6.45, 7) is 3.66. The molecule has 0 spiro atoms. The lowest BCUT2D eigenvalue weighted by atomic mass is 9.83. The number of aromatic nitrogens is 6. The predicted molar refractivity (Wildman–Crippen MR) is 244 cm³/mol. The van der Waals surface area contributed by atoms with Crippen molar-refractivity contribution in [3.05, 3.63) is 66.5 Å². The highest BCUT2D eigenvalue weighted by Gasteiger charge is 2.41. The number of piperidine rings is 1. The molecule has 4 aromatic heterocycles. The number of nitrogens with one attached hydrogen (secondary N) is 1. The van der Waals surface area contributed by atoms with Crippen LogP contribution in [-0.4, -0.2) is 134 Å². The van der Waals surface area contributed by atoms with Gasteiger partial charge in [0, 0.05) is 58.8 Å². The molecule has 8 rings (SSSR count). The number of benzene rings is 1. The fourth-order valence-electron chi connectivity index (χ4n) is 9.97. The summed E-state index contributed by atoms with van der Waals surface area (Å²) in [6, 6.07) is 10.1. The van der Waals surface area contributed by atoms with Gasteiger partial charge in [-0.1, -0.05) is 17.7 Å². The lowest BCUT2D eigenvalue weighted by molar-refractivity contribution is -0.00658. The van der Waals surface area contributed by atoms with Crippen LogP contribution in [0.5, 0.6) is 0 Å². The van der Waals surface area contributed by atoms with Gasteiger partial charge in [-0.15, -0.1) is 0 Å². The molecule has 2 N–H and O–H groups in total. The monoisotopic (exact) mass is 941 g/mol. The average molecular weight is 942 g/mol. The van der Waals surface area contributed by atoms with Crippen LogP contribution in [0.15, 0.2) is 60.0 Å². The Morgan fingerprint density at radius 1 is 0.828 bits per heavy atom. The molecule has 2 aliphatic carbocycles. The molecule has 64 heavy (non-hydrogen) atoms. The SMILES string of the molecule is COCCOC1CCCN(S(=O)(=O)CC2CCC(N(C)c3nc(C(C4CCC(N(C)c5ncnc6c5ccn6S(=O)(=O)c5ccc(C)cc5)CC4)S(=O)(=O)O)nc4[nH]ccc34)CC2)C1. The molecule has 1 aromatic carbocycles. The molecular formula is C43H59N9O9S3. The van der Waals surface area contributed by atoms with Crippen molar-refractivity contribution in [3.8, 4) is 0 Å². The maximum atomic E-state index is 13.6. The van der Waals surface area contributed by atoms with Gasteiger partial charge in [0.2, 0.25) is 10.0 Å². The molecule has 0 amide bonds. The van der Waals surface area contributed by atoms with Gasteiger partial charge in [-0.3, -0.25) is 4.55 Å². The van der Waals surface area contributed by atoms with E-state index in [2.05, 4.69) is 19.9 Å². The number of hydrogen-bond acceptors (Lipinski definition) is 14. The Balaban J connectivity index is 0.940. The van der Waals surface area contributed by atoms with Crippen molar-refractivity contribution in [1.29, 1.82) is 0 Å². The number of ether oxygens (including phenoxy) is 2. The highest BCUT2D eigenvalue weighted by molar-refractivity contribution is 7.90. The van der Waals surface area contributed by atoms with Gasteiger partial charge in [0.05, 0.1) is 40.7 Å². The number of methoxy groups -OCH3 is 1. The summed E-state index contributed by atoms with van der Waals surface area (Å²) in [5, 5.41) is -0.0809. The summed E-state index contributed by atoms with van der Waals surface area (Å²) in [4.78, 5) is 25.8. The van der Waals surface area contributed by atoms with Gasteiger partial charge in [-0.25, -0.2) is 40.7 Å². The summed E-state index contributed by atoms with van der Waals surface area (Å²) < 4.78 is 106. The van der Waals surface area contributed by atoms with E-state index < -0.39 is 41.3 Å². The first kappa shape index (κ1) is 46.3. The third-order valence-electron chi connectivity index (χ3n) is 13.6. The highest BCUT2D eigenvalue weighted by atomic mass is 32.2. The number of anilines is 2. The third kappa shape index (κ3) is 9.66. The molecule has 3 fully saturated rings. The molecule has 2 unspecified atom stereocenters. The second-order valence-corrected chi connectivity index (χ2v) is 23.0. The zero-order valence-electron chi connectivity index (χ0n) is 36.8. The molecule has 21 heteroatoms. The lowest BCUT2D eigenvalue weighted by Crippen LogP contribution is -2.46. The number of fused-ring (bicyclic) bond motifs is 2. The maximum Gasteiger partial charge on any atom is 0.275 e. The van der Waals surface area contributed by atoms with Gasteiger partial charge in [-0.05, 0) is 107 Å². The number of aryl methyl sites for hydroxylation is 1. The average Bonchev–Trinajstić information content (AvgIpc) is 3.95. The Morgan fingerprint density at radius 2 is 1.52 bits per heavy atom. The maximum absolute atomic E-state index is 13.6. The van der Waals surface area contributed by atoms with Crippen molar-refractivity contribution in [3.63, 3.8) is 0 Å². The molecule has 18 nitrogen and oxygen atoms in total. The smallest absolute Gasteiger partial charge is 0.275 e. The fourth-order valence-corrected chi connectivity index (χ4v) is 14.3. The van der Waals surface area contributed by atoms with Crippen molar-refractivity contribution in [2.45, 2.75) is 99.5 Å². The standard InChI is InChI=1S/C43H59N9O9S3/c1-29-7-17-35(18-8-29)63(55,56)52-23-20-37-41(45-28-46-42(37)52)49(2)33-15-11-31(12-16-33)38(64(57,58)59)40-47-39-36(19-21-44-39)43(48-40)50(3)32-13-9-30(10-14-32)27-62(53,54)51-22-5-6-34(26-51)61-25-24-60-4/h7-8,17-21,23,28,30-34,38H,5-6,9-16,22,24-27H2,1-4H3,(H,44,47,48)(H,57,58,59). The summed E-state index contributed by atoms with van der Waals surface area (Å²) in [5.41, 5.74) is 1.66. The van der Waals surface area contributed by atoms with Gasteiger partial charge in [0.15, 0.2) is 11.5 Å². The van der Waals surface area contributed by atoms with Crippen LogP contribution in [-0.2, 0) is 39.6 Å². The van der Waals surface area contributed by atoms with E-state index in [0.29, 0.717) is 87.5 Å². The van der Waals surface area contributed by atoms with E-state index in [4.69, 9.17) is 14.5 Å². The minimum Gasteiger partial charge on any atom is -0.382 e. The zero-order chi connectivity index (χ0) is 45.4. The molecule has 1 saturated heterocycles. The number of H-pyrrole nitrogens is 1.